The monoisotopic (exact) mass is 379 g/mol. The molecular weight excluding hydrogens is 354 g/mol. The second-order valence-electron chi connectivity index (χ2n) is 6.63. The van der Waals surface area contributed by atoms with Crippen molar-refractivity contribution < 1.29 is 9.53 Å². The summed E-state index contributed by atoms with van der Waals surface area (Å²) in [4.78, 5) is 24.8. The zero-order valence-corrected chi connectivity index (χ0v) is 16.1. The van der Waals surface area contributed by atoms with Gasteiger partial charge < -0.3 is 10.1 Å². The highest BCUT2D eigenvalue weighted by atomic mass is 16.5. The number of amides is 1. The molecule has 146 valence electrons. The Morgan fingerprint density at radius 2 is 1.79 bits per heavy atom. The van der Waals surface area contributed by atoms with Crippen LogP contribution in [0.25, 0.3) is 10.8 Å². The number of methoxy groups -OCH3 is 1. The summed E-state index contributed by atoms with van der Waals surface area (Å²) >= 11 is 0. The van der Waals surface area contributed by atoms with Crippen LogP contribution in [-0.2, 0) is 29.0 Å². The van der Waals surface area contributed by atoms with Crippen molar-refractivity contribution >= 4 is 16.7 Å². The van der Waals surface area contributed by atoms with Gasteiger partial charge in [-0.25, -0.2) is 4.68 Å². The van der Waals surface area contributed by atoms with Gasteiger partial charge in [-0.1, -0.05) is 48.5 Å². The molecule has 6 nitrogen and oxygen atoms in total. The maximum absolute atomic E-state index is 12.6. The third kappa shape index (κ3) is 5.04. The Bertz CT molecular complexity index is 983. The van der Waals surface area contributed by atoms with E-state index in [2.05, 4.69) is 22.5 Å². The molecule has 3 aromatic rings. The van der Waals surface area contributed by atoms with Gasteiger partial charge in [-0.2, -0.15) is 5.10 Å². The molecule has 2 aromatic carbocycles. The summed E-state index contributed by atoms with van der Waals surface area (Å²) in [5.41, 5.74) is 1.77. The lowest BCUT2D eigenvalue weighted by molar-refractivity contribution is -0.121. The molecule has 0 bridgehead atoms. The van der Waals surface area contributed by atoms with Crippen LogP contribution < -0.4 is 10.9 Å². The van der Waals surface area contributed by atoms with E-state index < -0.39 is 0 Å². The summed E-state index contributed by atoms with van der Waals surface area (Å²) in [6, 6.07) is 17.5. The van der Waals surface area contributed by atoms with E-state index in [-0.39, 0.29) is 18.0 Å². The molecule has 28 heavy (non-hydrogen) atoms. The van der Waals surface area contributed by atoms with Crippen molar-refractivity contribution in [2.75, 3.05) is 13.7 Å². The lowest BCUT2D eigenvalue weighted by Gasteiger charge is -2.11. The Balaban J connectivity index is 1.65. The van der Waals surface area contributed by atoms with E-state index in [0.29, 0.717) is 30.7 Å². The van der Waals surface area contributed by atoms with Crippen LogP contribution in [0.15, 0.2) is 59.4 Å². The Morgan fingerprint density at radius 1 is 1.07 bits per heavy atom. The van der Waals surface area contributed by atoms with Crippen molar-refractivity contribution in [3.63, 3.8) is 0 Å². The van der Waals surface area contributed by atoms with Gasteiger partial charge in [0.1, 0.15) is 0 Å². The maximum atomic E-state index is 12.6. The predicted molar refractivity (Wildman–Crippen MR) is 109 cm³/mol. The van der Waals surface area contributed by atoms with E-state index in [1.807, 2.05) is 36.4 Å². The number of hydrogen-bond acceptors (Lipinski definition) is 4. The fourth-order valence-electron chi connectivity index (χ4n) is 3.13. The van der Waals surface area contributed by atoms with E-state index in [1.165, 1.54) is 10.2 Å². The summed E-state index contributed by atoms with van der Waals surface area (Å²) in [5, 5.41) is 8.75. The number of carbonyl (C=O) groups is 1. The van der Waals surface area contributed by atoms with Crippen LogP contribution >= 0.6 is 0 Å². The Hall–Kier alpha value is -2.99. The quantitative estimate of drug-likeness (QED) is 0.620. The molecule has 1 aromatic heterocycles. The first-order valence-corrected chi connectivity index (χ1v) is 9.47. The number of fused-ring (bicyclic) bond motifs is 1. The second kappa shape index (κ2) is 9.80. The summed E-state index contributed by atoms with van der Waals surface area (Å²) in [5.74, 6) is -0.0172. The average Bonchev–Trinajstić information content (AvgIpc) is 2.73. The van der Waals surface area contributed by atoms with E-state index in [4.69, 9.17) is 4.74 Å². The van der Waals surface area contributed by atoms with Crippen LogP contribution in [0.3, 0.4) is 0 Å². The molecular formula is C22H25N3O3. The zero-order chi connectivity index (χ0) is 19.8. The summed E-state index contributed by atoms with van der Waals surface area (Å²) < 4.78 is 6.47. The molecule has 0 aliphatic rings. The van der Waals surface area contributed by atoms with Gasteiger partial charge in [-0.3, -0.25) is 9.59 Å². The van der Waals surface area contributed by atoms with Crippen LogP contribution in [0.5, 0.6) is 0 Å². The number of ether oxygens (including phenoxy) is 1. The number of aryl methyl sites for hydroxylation is 1. The van der Waals surface area contributed by atoms with Gasteiger partial charge in [0.05, 0.1) is 30.8 Å². The molecule has 1 amide bonds. The van der Waals surface area contributed by atoms with Crippen molar-refractivity contribution in [2.24, 2.45) is 0 Å². The standard InChI is InChI=1S/C22H25N3O3/c1-28-15-14-25-22(27)19-12-6-5-11-18(19)20(24-25)16-23-21(26)13-7-10-17-8-3-2-4-9-17/h2-6,8-9,11-12H,7,10,13-16H2,1H3,(H,23,26). The third-order valence-corrected chi connectivity index (χ3v) is 4.62. The largest absolute Gasteiger partial charge is 0.383 e. The molecule has 3 rings (SSSR count). The lowest BCUT2D eigenvalue weighted by atomic mass is 10.1. The van der Waals surface area contributed by atoms with Crippen LogP contribution in [0.4, 0.5) is 0 Å². The zero-order valence-electron chi connectivity index (χ0n) is 16.1. The molecule has 1 N–H and O–H groups in total. The van der Waals surface area contributed by atoms with Gasteiger partial charge in [0.2, 0.25) is 5.91 Å². The fourth-order valence-corrected chi connectivity index (χ4v) is 3.13. The number of benzene rings is 2. The van der Waals surface area contributed by atoms with E-state index in [9.17, 15) is 9.59 Å². The van der Waals surface area contributed by atoms with Crippen molar-refractivity contribution in [3.8, 4) is 0 Å². The van der Waals surface area contributed by atoms with Gasteiger partial charge in [-0.05, 0) is 24.5 Å². The first-order valence-electron chi connectivity index (χ1n) is 9.47. The number of aromatic nitrogens is 2. The molecule has 0 atom stereocenters. The molecule has 0 saturated heterocycles. The lowest BCUT2D eigenvalue weighted by Crippen LogP contribution is -2.29. The molecule has 0 unspecified atom stereocenters. The summed E-state index contributed by atoms with van der Waals surface area (Å²) in [6.07, 6.45) is 2.12. The third-order valence-electron chi connectivity index (χ3n) is 4.62. The number of nitrogens with zero attached hydrogens (tertiary/aromatic N) is 2. The molecule has 0 saturated carbocycles. The first-order chi connectivity index (χ1) is 13.7. The normalized spacial score (nSPS) is 10.9. The minimum Gasteiger partial charge on any atom is -0.383 e. The molecule has 0 spiro atoms. The van der Waals surface area contributed by atoms with Crippen molar-refractivity contribution in [1.29, 1.82) is 0 Å². The van der Waals surface area contributed by atoms with E-state index in [0.717, 1.165) is 18.2 Å². The van der Waals surface area contributed by atoms with Crippen LogP contribution in [0, 0.1) is 0 Å². The van der Waals surface area contributed by atoms with Gasteiger partial charge in [0.25, 0.3) is 5.56 Å². The van der Waals surface area contributed by atoms with Gasteiger partial charge >= 0.3 is 0 Å². The van der Waals surface area contributed by atoms with Crippen molar-refractivity contribution in [2.45, 2.75) is 32.4 Å². The predicted octanol–water partition coefficient (Wildman–Crippen LogP) is 2.68. The minimum atomic E-state index is -0.148. The van der Waals surface area contributed by atoms with Crippen LogP contribution in [-0.4, -0.2) is 29.4 Å². The highest BCUT2D eigenvalue weighted by molar-refractivity contribution is 5.84. The SMILES string of the molecule is COCCn1nc(CNC(=O)CCCc2ccccc2)c2ccccc2c1=O. The van der Waals surface area contributed by atoms with Crippen LogP contribution in [0.1, 0.15) is 24.1 Å². The van der Waals surface area contributed by atoms with E-state index in [1.54, 1.807) is 13.2 Å². The number of rotatable bonds is 9. The van der Waals surface area contributed by atoms with Gasteiger partial charge in [0, 0.05) is 18.9 Å². The molecule has 1 heterocycles. The van der Waals surface area contributed by atoms with Crippen molar-refractivity contribution in [3.05, 3.63) is 76.2 Å². The number of nitrogens with one attached hydrogen (secondary N) is 1. The molecule has 0 fully saturated rings. The molecule has 6 heteroatoms. The summed E-state index contributed by atoms with van der Waals surface area (Å²) in [6.45, 7) is 1.06. The van der Waals surface area contributed by atoms with Crippen molar-refractivity contribution in [1.82, 2.24) is 15.1 Å². The number of hydrogen-bond donors (Lipinski definition) is 1. The first kappa shape index (κ1) is 19.8. The highest BCUT2D eigenvalue weighted by Crippen LogP contribution is 2.13. The Kier molecular flexibility index (Phi) is 6.92. The molecule has 0 aliphatic carbocycles. The smallest absolute Gasteiger partial charge is 0.274 e. The topological polar surface area (TPSA) is 73.2 Å². The van der Waals surface area contributed by atoms with Crippen LogP contribution in [0.2, 0.25) is 0 Å². The van der Waals surface area contributed by atoms with E-state index >= 15 is 0 Å². The molecule has 0 aliphatic heterocycles. The Labute approximate surface area is 164 Å². The minimum absolute atomic E-state index is 0.0172. The summed E-state index contributed by atoms with van der Waals surface area (Å²) in [7, 11) is 1.59. The highest BCUT2D eigenvalue weighted by Gasteiger charge is 2.11. The van der Waals surface area contributed by atoms with Gasteiger partial charge in [0.15, 0.2) is 0 Å². The second-order valence-corrected chi connectivity index (χ2v) is 6.63. The van der Waals surface area contributed by atoms with Gasteiger partial charge in [-0.15, -0.1) is 0 Å². The fraction of sp³-hybridized carbons (Fsp3) is 0.318. The maximum Gasteiger partial charge on any atom is 0.274 e. The average molecular weight is 379 g/mol. The molecule has 0 radical (unpaired) electrons. The number of carbonyl (C=O) groups excluding carboxylic acids is 1. The Morgan fingerprint density at radius 3 is 2.54 bits per heavy atom.